The lowest BCUT2D eigenvalue weighted by Gasteiger charge is -2.26. The van der Waals surface area contributed by atoms with Gasteiger partial charge < -0.3 is 14.2 Å². The third kappa shape index (κ3) is 6.75. The first-order chi connectivity index (χ1) is 11.5. The second-order valence-electron chi connectivity index (χ2n) is 5.65. The molecule has 5 atom stereocenters. The fourth-order valence-corrected chi connectivity index (χ4v) is 3.49. The molecule has 1 rings (SSSR count). The van der Waals surface area contributed by atoms with Crippen LogP contribution in [0.15, 0.2) is 0 Å². The predicted octanol–water partition coefficient (Wildman–Crippen LogP) is 2.67. The summed E-state index contributed by atoms with van der Waals surface area (Å²) in [7, 11) is 5.01. The van der Waals surface area contributed by atoms with E-state index in [9.17, 15) is 4.57 Å². The third-order valence-corrected chi connectivity index (χ3v) is 5.21. The van der Waals surface area contributed by atoms with Crippen LogP contribution in [-0.2, 0) is 32.3 Å². The molecule has 0 aliphatic carbocycles. The number of phosphoric ester groups is 1. The van der Waals surface area contributed by atoms with Crippen molar-refractivity contribution in [2.75, 3.05) is 34.0 Å². The van der Waals surface area contributed by atoms with Crippen LogP contribution in [-0.4, -0.2) is 66.2 Å². The zero-order valence-electron chi connectivity index (χ0n) is 15.1. The minimum absolute atomic E-state index is 0.275. The van der Waals surface area contributed by atoms with Crippen LogP contribution in [0.25, 0.3) is 0 Å². The lowest BCUT2D eigenvalue weighted by molar-refractivity contribution is -0.0395. The molecule has 0 saturated carbocycles. The minimum atomic E-state index is -3.71. The Balaban J connectivity index is 2.70. The molecule has 140 valence electrons. The monoisotopic (exact) mass is 364 g/mol. The fraction of sp³-hybridized carbons (Fsp3) is 1.00. The summed E-state index contributed by atoms with van der Waals surface area (Å²) in [4.78, 5) is 0. The van der Waals surface area contributed by atoms with E-state index in [1.807, 2.05) is 6.92 Å². The molecule has 9 heteroatoms. The van der Waals surface area contributed by atoms with Crippen LogP contribution in [0.1, 0.15) is 39.5 Å². The third-order valence-electron chi connectivity index (χ3n) is 3.76. The van der Waals surface area contributed by atoms with Crippen LogP contribution in [0.3, 0.4) is 0 Å². The number of hydrogen-bond donors (Lipinski definition) is 0. The van der Waals surface area contributed by atoms with Crippen molar-refractivity contribution in [1.29, 1.82) is 0 Å². The molecule has 7 nitrogen and oxygen atoms in total. The summed E-state index contributed by atoms with van der Waals surface area (Å²) in [5.41, 5.74) is 0. The van der Waals surface area contributed by atoms with Crippen molar-refractivity contribution < 1.29 is 32.3 Å². The molecule has 0 N–H and O–H groups in total. The fourth-order valence-electron chi connectivity index (χ4n) is 2.33. The van der Waals surface area contributed by atoms with E-state index in [1.165, 1.54) is 14.2 Å². The first-order valence-corrected chi connectivity index (χ1v) is 9.97. The summed E-state index contributed by atoms with van der Waals surface area (Å²) >= 11 is 0. The van der Waals surface area contributed by atoms with E-state index in [2.05, 4.69) is 6.92 Å². The molecule has 1 aliphatic heterocycles. The standard InChI is InChI=1S/C15H30BO7P/c1-5-7-9-20-11-12-13(14(18-3)15(16)22-12)23-24(17,19-4)21-10-8-6-2/h12-15H,5-11H2,1-4H3. The average molecular weight is 364 g/mol. The van der Waals surface area contributed by atoms with Gasteiger partial charge in [-0.15, -0.1) is 0 Å². The first kappa shape index (κ1) is 22.1. The van der Waals surface area contributed by atoms with Gasteiger partial charge in [-0.3, -0.25) is 13.6 Å². The van der Waals surface area contributed by atoms with Crippen molar-refractivity contribution in [2.45, 2.75) is 63.8 Å². The van der Waals surface area contributed by atoms with Crippen molar-refractivity contribution in [2.24, 2.45) is 0 Å². The molecule has 0 spiro atoms. The molecule has 0 aromatic rings. The van der Waals surface area contributed by atoms with Gasteiger partial charge in [0.15, 0.2) is 0 Å². The van der Waals surface area contributed by atoms with Crippen LogP contribution in [0.5, 0.6) is 0 Å². The van der Waals surface area contributed by atoms with Gasteiger partial charge >= 0.3 is 7.82 Å². The largest absolute Gasteiger partial charge is 0.474 e. The van der Waals surface area contributed by atoms with Crippen molar-refractivity contribution in [3.05, 3.63) is 0 Å². The molecule has 1 aliphatic rings. The maximum absolute atomic E-state index is 12.6. The Labute approximate surface area is 146 Å². The van der Waals surface area contributed by atoms with Crippen molar-refractivity contribution in [3.8, 4) is 0 Å². The minimum Gasteiger partial charge on any atom is -0.379 e. The highest BCUT2D eigenvalue weighted by Crippen LogP contribution is 2.52. The molecule has 1 fully saturated rings. The van der Waals surface area contributed by atoms with E-state index in [-0.39, 0.29) is 13.2 Å². The summed E-state index contributed by atoms with van der Waals surface area (Å²) in [6.07, 6.45) is 1.89. The Morgan fingerprint density at radius 2 is 1.75 bits per heavy atom. The lowest BCUT2D eigenvalue weighted by Crippen LogP contribution is -2.38. The number of hydrogen-bond acceptors (Lipinski definition) is 7. The zero-order valence-corrected chi connectivity index (χ0v) is 16.0. The van der Waals surface area contributed by atoms with Gasteiger partial charge in [0, 0.05) is 26.8 Å². The van der Waals surface area contributed by atoms with E-state index >= 15 is 0 Å². The topological polar surface area (TPSA) is 72.5 Å². The lowest BCUT2D eigenvalue weighted by atomic mass is 9.93. The average Bonchev–Trinajstić information content (AvgIpc) is 2.86. The zero-order chi connectivity index (χ0) is 18.0. The van der Waals surface area contributed by atoms with Gasteiger partial charge in [-0.05, 0) is 12.8 Å². The summed E-state index contributed by atoms with van der Waals surface area (Å²) in [6, 6.07) is -0.694. The summed E-state index contributed by atoms with van der Waals surface area (Å²) in [5.74, 6) is 0. The molecule has 2 radical (unpaired) electrons. The Morgan fingerprint density at radius 1 is 1.08 bits per heavy atom. The SMILES string of the molecule is [B]C1OC(COCCCC)C(OP(=O)(OC)OCCCC)C1OC. The number of methoxy groups -OCH3 is 1. The molecule has 0 bridgehead atoms. The van der Waals surface area contributed by atoms with Crippen LogP contribution < -0.4 is 0 Å². The number of rotatable bonds is 13. The van der Waals surface area contributed by atoms with Gasteiger partial charge in [-0.2, -0.15) is 0 Å². The highest BCUT2D eigenvalue weighted by atomic mass is 31.2. The Morgan fingerprint density at radius 3 is 2.33 bits per heavy atom. The number of phosphoric acid groups is 1. The number of ether oxygens (including phenoxy) is 3. The Hall–Kier alpha value is 0.0549. The molecular formula is C15H30BO7P. The van der Waals surface area contributed by atoms with Crippen molar-refractivity contribution in [3.63, 3.8) is 0 Å². The van der Waals surface area contributed by atoms with E-state index in [4.69, 9.17) is 35.6 Å². The summed E-state index contributed by atoms with van der Waals surface area (Å²) < 4.78 is 45.2. The molecule has 1 heterocycles. The molecule has 0 amide bonds. The highest BCUT2D eigenvalue weighted by molar-refractivity contribution is 7.48. The maximum atomic E-state index is 12.6. The van der Waals surface area contributed by atoms with Crippen molar-refractivity contribution in [1.82, 2.24) is 0 Å². The van der Waals surface area contributed by atoms with E-state index in [1.54, 1.807) is 0 Å². The number of unbranched alkanes of at least 4 members (excludes halogenated alkanes) is 2. The van der Waals surface area contributed by atoms with Crippen LogP contribution in [0.2, 0.25) is 0 Å². The highest BCUT2D eigenvalue weighted by Gasteiger charge is 2.47. The van der Waals surface area contributed by atoms with E-state index in [0.29, 0.717) is 6.61 Å². The molecule has 24 heavy (non-hydrogen) atoms. The van der Waals surface area contributed by atoms with Crippen LogP contribution in [0, 0.1) is 0 Å². The second-order valence-corrected chi connectivity index (χ2v) is 7.38. The first-order valence-electron chi connectivity index (χ1n) is 8.51. The van der Waals surface area contributed by atoms with Gasteiger partial charge in [0.25, 0.3) is 0 Å². The van der Waals surface area contributed by atoms with Crippen LogP contribution >= 0.6 is 7.82 Å². The van der Waals surface area contributed by atoms with E-state index in [0.717, 1.165) is 25.7 Å². The molecular weight excluding hydrogens is 334 g/mol. The Kier molecular flexibility index (Phi) is 10.7. The Bertz CT molecular complexity index is 385. The van der Waals surface area contributed by atoms with Gasteiger partial charge in [0.1, 0.15) is 26.2 Å². The maximum Gasteiger partial charge on any atom is 0.474 e. The normalized spacial score (nSPS) is 29.7. The molecule has 1 saturated heterocycles. The summed E-state index contributed by atoms with van der Waals surface area (Å²) in [5, 5.41) is 0. The van der Waals surface area contributed by atoms with E-state index < -0.39 is 32.1 Å². The smallest absolute Gasteiger partial charge is 0.379 e. The second kappa shape index (κ2) is 11.6. The molecule has 5 unspecified atom stereocenters. The van der Waals surface area contributed by atoms with Gasteiger partial charge in [0.05, 0.1) is 13.2 Å². The molecule has 0 aromatic heterocycles. The van der Waals surface area contributed by atoms with Gasteiger partial charge in [-0.25, -0.2) is 4.57 Å². The predicted molar refractivity (Wildman–Crippen MR) is 91.3 cm³/mol. The van der Waals surface area contributed by atoms with Gasteiger partial charge in [-0.1, -0.05) is 26.7 Å². The molecule has 0 aromatic carbocycles. The quantitative estimate of drug-likeness (QED) is 0.283. The van der Waals surface area contributed by atoms with Crippen LogP contribution in [0.4, 0.5) is 0 Å². The summed E-state index contributed by atoms with van der Waals surface area (Å²) in [6.45, 7) is 5.27. The van der Waals surface area contributed by atoms with Crippen molar-refractivity contribution >= 4 is 15.7 Å². The van der Waals surface area contributed by atoms with Gasteiger partial charge in [0.2, 0.25) is 0 Å².